The highest BCUT2D eigenvalue weighted by molar-refractivity contribution is 6.62. The number of carbonyl (C=O) groups excluding carboxylic acids is 1. The predicted molar refractivity (Wildman–Crippen MR) is 85.2 cm³/mol. The maximum atomic E-state index is 13.3. The summed E-state index contributed by atoms with van der Waals surface area (Å²) in [6.45, 7) is 7.00. The number of nitrogens with one attached hydrogen (secondary N) is 1. The average Bonchev–Trinajstić information content (AvgIpc) is 2.71. The van der Waals surface area contributed by atoms with Crippen LogP contribution in [0.25, 0.3) is 0 Å². The van der Waals surface area contributed by atoms with Crippen LogP contribution in [0.1, 0.15) is 39.3 Å². The zero-order chi connectivity index (χ0) is 20.8. The van der Waals surface area contributed by atoms with Crippen LogP contribution in [0.2, 0.25) is 0 Å². The number of alkyl halides is 6. The van der Waals surface area contributed by atoms with Gasteiger partial charge in [0.1, 0.15) is 0 Å². The summed E-state index contributed by atoms with van der Waals surface area (Å²) in [7, 11) is -0.998. The molecule has 0 spiro atoms. The number of rotatable bonds is 3. The van der Waals surface area contributed by atoms with E-state index in [9.17, 15) is 31.1 Å². The molecule has 1 aliphatic heterocycles. The van der Waals surface area contributed by atoms with Crippen LogP contribution in [0.15, 0.2) is 24.3 Å². The van der Waals surface area contributed by atoms with Crippen LogP contribution in [0, 0.1) is 0 Å². The molecule has 11 heteroatoms. The molecule has 1 atom stereocenters. The Kier molecular flexibility index (Phi) is 5.35. The fourth-order valence-electron chi connectivity index (χ4n) is 2.43. The minimum absolute atomic E-state index is 0.196. The highest BCUT2D eigenvalue weighted by atomic mass is 19.4. The summed E-state index contributed by atoms with van der Waals surface area (Å²) < 4.78 is 88.4. The highest BCUT2D eigenvalue weighted by Crippen LogP contribution is 2.37. The number of amides is 1. The van der Waals surface area contributed by atoms with E-state index in [0.717, 1.165) is 17.4 Å². The van der Waals surface area contributed by atoms with Gasteiger partial charge in [-0.3, -0.25) is 4.79 Å². The molecule has 1 aromatic rings. The third-order valence-corrected chi connectivity index (χ3v) is 4.63. The molecule has 1 unspecified atom stereocenters. The molecule has 1 fully saturated rings. The quantitative estimate of drug-likeness (QED) is 0.630. The third kappa shape index (κ3) is 4.57. The van der Waals surface area contributed by atoms with Gasteiger partial charge in [0, 0.05) is 0 Å². The van der Waals surface area contributed by atoms with Gasteiger partial charge in [0.25, 0.3) is 0 Å². The van der Waals surface area contributed by atoms with E-state index in [4.69, 9.17) is 9.31 Å². The summed E-state index contributed by atoms with van der Waals surface area (Å²) in [4.78, 5) is 11.0. The van der Waals surface area contributed by atoms with Crippen LogP contribution in [-0.2, 0) is 14.1 Å². The predicted octanol–water partition coefficient (Wildman–Crippen LogP) is 3.27. The molecule has 0 aliphatic carbocycles. The largest absolute Gasteiger partial charge is 0.494 e. The number of benzene rings is 1. The Morgan fingerprint density at radius 1 is 1.04 bits per heavy atom. The van der Waals surface area contributed by atoms with Gasteiger partial charge in [0.05, 0.1) is 11.2 Å². The van der Waals surface area contributed by atoms with Crippen LogP contribution < -0.4 is 10.8 Å². The molecule has 1 amide bonds. The number of hydrogen-bond acceptors (Lipinski definition) is 3. The number of hydrogen-bond donors (Lipinski definition) is 1. The van der Waals surface area contributed by atoms with Crippen molar-refractivity contribution in [2.24, 2.45) is 0 Å². The molecule has 1 aliphatic rings. The van der Waals surface area contributed by atoms with E-state index in [1.807, 2.05) is 0 Å². The molecule has 27 heavy (non-hydrogen) atoms. The fraction of sp³-hybridized carbons (Fsp3) is 0.562. The lowest BCUT2D eigenvalue weighted by Crippen LogP contribution is -2.45. The molecule has 1 aromatic carbocycles. The lowest BCUT2D eigenvalue weighted by molar-refractivity contribution is -0.188. The first-order valence-electron chi connectivity index (χ1n) is 7.94. The first-order valence-corrected chi connectivity index (χ1v) is 7.94. The van der Waals surface area contributed by atoms with Gasteiger partial charge < -0.3 is 14.6 Å². The summed E-state index contributed by atoms with van der Waals surface area (Å²) in [6.07, 6.45) is -10.6. The van der Waals surface area contributed by atoms with Crippen LogP contribution >= 0.6 is 0 Å². The van der Waals surface area contributed by atoms with Gasteiger partial charge in [-0.25, -0.2) is 0 Å². The van der Waals surface area contributed by atoms with Crippen molar-refractivity contribution in [1.29, 1.82) is 0 Å². The molecule has 1 heterocycles. The SMILES string of the molecule is CC1(C)OB(c2cccc(C(NC(=O)C(F)(F)F)C(F)(F)F)c2)OC1(C)C. The van der Waals surface area contributed by atoms with Crippen molar-refractivity contribution < 1.29 is 40.4 Å². The first-order chi connectivity index (χ1) is 12.0. The summed E-state index contributed by atoms with van der Waals surface area (Å²) >= 11 is 0. The summed E-state index contributed by atoms with van der Waals surface area (Å²) in [5, 5.41) is 0.993. The van der Waals surface area contributed by atoms with Crippen molar-refractivity contribution in [3.63, 3.8) is 0 Å². The van der Waals surface area contributed by atoms with Gasteiger partial charge in [0.15, 0.2) is 6.04 Å². The van der Waals surface area contributed by atoms with Crippen LogP contribution in [0.5, 0.6) is 0 Å². The molecule has 0 saturated carbocycles. The average molecular weight is 397 g/mol. The molecule has 4 nitrogen and oxygen atoms in total. The van der Waals surface area contributed by atoms with Crippen molar-refractivity contribution in [1.82, 2.24) is 5.32 Å². The monoisotopic (exact) mass is 397 g/mol. The van der Waals surface area contributed by atoms with Crippen molar-refractivity contribution >= 4 is 18.5 Å². The van der Waals surface area contributed by atoms with Gasteiger partial charge in [-0.15, -0.1) is 0 Å². The molecule has 0 radical (unpaired) electrons. The van der Waals surface area contributed by atoms with Crippen LogP contribution in [0.3, 0.4) is 0 Å². The zero-order valence-electron chi connectivity index (χ0n) is 15.0. The molecular formula is C16H18BF6NO3. The highest BCUT2D eigenvalue weighted by Gasteiger charge is 2.52. The van der Waals surface area contributed by atoms with Gasteiger partial charge in [0.2, 0.25) is 0 Å². The first kappa shape index (κ1) is 21.6. The maximum absolute atomic E-state index is 13.3. The normalized spacial score (nSPS) is 20.4. The molecule has 0 bridgehead atoms. The summed E-state index contributed by atoms with van der Waals surface area (Å²) in [5.74, 6) is -2.68. The van der Waals surface area contributed by atoms with Crippen molar-refractivity contribution in [2.75, 3.05) is 0 Å². The second kappa shape index (κ2) is 6.70. The smallest absolute Gasteiger partial charge is 0.399 e. The third-order valence-electron chi connectivity index (χ3n) is 4.63. The Hall–Kier alpha value is -1.75. The molecule has 0 aromatic heterocycles. The topological polar surface area (TPSA) is 47.6 Å². The summed E-state index contributed by atoms with van der Waals surface area (Å²) in [5.41, 5.74) is -1.86. The van der Waals surface area contributed by atoms with E-state index < -0.39 is 48.2 Å². The Labute approximate surface area is 152 Å². The molecule has 2 rings (SSSR count). The number of carbonyl (C=O) groups is 1. The van der Waals surface area contributed by atoms with E-state index in [0.29, 0.717) is 0 Å². The molecule has 1 saturated heterocycles. The minimum Gasteiger partial charge on any atom is -0.399 e. The standard InChI is InChI=1S/C16H18BF6NO3/c1-13(2)14(3,4)27-17(26-13)10-7-5-6-9(8-10)11(15(18,19)20)24-12(25)16(21,22)23/h5-8,11H,1-4H3,(H,24,25). The van der Waals surface area contributed by atoms with E-state index >= 15 is 0 Å². The van der Waals surface area contributed by atoms with E-state index in [1.54, 1.807) is 27.7 Å². The lowest BCUT2D eigenvalue weighted by Gasteiger charge is -2.32. The van der Waals surface area contributed by atoms with Crippen molar-refractivity contribution in [2.45, 2.75) is 57.3 Å². The second-order valence-corrected chi connectivity index (χ2v) is 7.20. The van der Waals surface area contributed by atoms with E-state index in [-0.39, 0.29) is 5.46 Å². The van der Waals surface area contributed by atoms with E-state index in [2.05, 4.69) is 0 Å². The Bertz CT molecular complexity index is 701. The van der Waals surface area contributed by atoms with E-state index in [1.165, 1.54) is 12.1 Å². The van der Waals surface area contributed by atoms with Crippen LogP contribution in [0.4, 0.5) is 26.3 Å². The zero-order valence-corrected chi connectivity index (χ0v) is 15.0. The molecular weight excluding hydrogens is 379 g/mol. The Morgan fingerprint density at radius 3 is 2.00 bits per heavy atom. The van der Waals surface area contributed by atoms with Crippen molar-refractivity contribution in [3.05, 3.63) is 29.8 Å². The van der Waals surface area contributed by atoms with Gasteiger partial charge in [-0.2, -0.15) is 26.3 Å². The Morgan fingerprint density at radius 2 is 1.56 bits per heavy atom. The Balaban J connectivity index is 2.35. The second-order valence-electron chi connectivity index (χ2n) is 7.20. The van der Waals surface area contributed by atoms with Crippen molar-refractivity contribution in [3.8, 4) is 0 Å². The van der Waals surface area contributed by atoms with Crippen LogP contribution in [-0.4, -0.2) is 36.6 Å². The minimum atomic E-state index is -5.44. The molecule has 1 N–H and O–H groups in total. The van der Waals surface area contributed by atoms with Gasteiger partial charge >= 0.3 is 25.4 Å². The number of halogens is 6. The van der Waals surface area contributed by atoms with Gasteiger partial charge in [-0.05, 0) is 38.7 Å². The molecule has 150 valence electrons. The fourth-order valence-corrected chi connectivity index (χ4v) is 2.43. The maximum Gasteiger partial charge on any atom is 0.494 e. The van der Waals surface area contributed by atoms with Gasteiger partial charge in [-0.1, -0.05) is 24.3 Å². The summed E-state index contributed by atoms with van der Waals surface area (Å²) in [6, 6.07) is 1.83. The lowest BCUT2D eigenvalue weighted by atomic mass is 9.78.